The van der Waals surface area contributed by atoms with Crippen molar-refractivity contribution < 1.29 is 19.1 Å². The summed E-state index contributed by atoms with van der Waals surface area (Å²) in [6.45, 7) is 0. The molecule has 4 rings (SSSR count). The van der Waals surface area contributed by atoms with E-state index in [1.54, 1.807) is 84.9 Å². The molecule has 27 heavy (non-hydrogen) atoms. The maximum atomic E-state index is 13.3. The van der Waals surface area contributed by atoms with Gasteiger partial charge in [-0.3, -0.25) is 9.59 Å². The molecule has 1 aliphatic heterocycles. The van der Waals surface area contributed by atoms with Crippen LogP contribution in [0, 0.1) is 5.92 Å². The normalized spacial score (nSPS) is 15.3. The number of ether oxygens (including phenoxy) is 1. The summed E-state index contributed by atoms with van der Waals surface area (Å²) in [5.41, 5.74) is 1.79. The third-order valence-electron chi connectivity index (χ3n) is 4.71. The van der Waals surface area contributed by atoms with Crippen LogP contribution in [-0.4, -0.2) is 17.5 Å². The molecule has 0 amide bonds. The van der Waals surface area contributed by atoms with Gasteiger partial charge < -0.3 is 4.74 Å². The number of benzene rings is 3. The van der Waals surface area contributed by atoms with E-state index in [9.17, 15) is 14.4 Å². The molecule has 1 atom stereocenters. The first-order valence-corrected chi connectivity index (χ1v) is 8.65. The van der Waals surface area contributed by atoms with Crippen LogP contribution in [0.5, 0.6) is 0 Å². The van der Waals surface area contributed by atoms with E-state index in [0.29, 0.717) is 22.3 Å². The first-order valence-electron chi connectivity index (χ1n) is 8.65. The van der Waals surface area contributed by atoms with Crippen molar-refractivity contribution in [3.05, 3.63) is 107 Å². The molecule has 4 nitrogen and oxygen atoms in total. The summed E-state index contributed by atoms with van der Waals surface area (Å²) in [4.78, 5) is 38.8. The first kappa shape index (κ1) is 16.9. The van der Waals surface area contributed by atoms with E-state index in [2.05, 4.69) is 0 Å². The summed E-state index contributed by atoms with van der Waals surface area (Å²) in [7, 11) is 0. The Morgan fingerprint density at radius 3 is 1.74 bits per heavy atom. The van der Waals surface area contributed by atoms with Gasteiger partial charge in [-0.2, -0.15) is 0 Å². The fourth-order valence-electron chi connectivity index (χ4n) is 3.38. The minimum absolute atomic E-state index is 0.362. The highest BCUT2D eigenvalue weighted by atomic mass is 16.5. The minimum atomic E-state index is -1.14. The van der Waals surface area contributed by atoms with Crippen molar-refractivity contribution in [1.82, 2.24) is 0 Å². The van der Waals surface area contributed by atoms with E-state index in [-0.39, 0.29) is 11.6 Å². The number of hydrogen-bond acceptors (Lipinski definition) is 4. The molecule has 4 heteroatoms. The standard InChI is InChI=1S/C23H16O4/c24-20(15-9-3-1-4-10-15)19(21(25)16-11-5-2-6-12-16)22-17-13-7-8-14-18(17)23(26)27-22/h1-14,19,22H. The second-order valence-corrected chi connectivity index (χ2v) is 6.35. The smallest absolute Gasteiger partial charge is 0.339 e. The molecule has 0 saturated carbocycles. The molecule has 0 aromatic heterocycles. The highest BCUT2D eigenvalue weighted by Crippen LogP contribution is 2.39. The number of cyclic esters (lactones) is 1. The van der Waals surface area contributed by atoms with Gasteiger partial charge in [-0.25, -0.2) is 4.79 Å². The molecule has 0 fully saturated rings. The summed E-state index contributed by atoms with van der Waals surface area (Å²) in [6.07, 6.45) is -0.936. The molecular weight excluding hydrogens is 340 g/mol. The Bertz CT molecular complexity index is 957. The Morgan fingerprint density at radius 1 is 0.704 bits per heavy atom. The van der Waals surface area contributed by atoms with Gasteiger partial charge in [0, 0.05) is 16.7 Å². The average molecular weight is 356 g/mol. The average Bonchev–Trinajstić information content (AvgIpc) is 3.06. The van der Waals surface area contributed by atoms with Crippen molar-refractivity contribution in [3.63, 3.8) is 0 Å². The van der Waals surface area contributed by atoms with Crippen molar-refractivity contribution in [2.24, 2.45) is 5.92 Å². The van der Waals surface area contributed by atoms with Gasteiger partial charge in [0.05, 0.1) is 5.56 Å². The molecule has 132 valence electrons. The van der Waals surface area contributed by atoms with Crippen LogP contribution in [0.15, 0.2) is 84.9 Å². The molecule has 1 heterocycles. The minimum Gasteiger partial charge on any atom is -0.453 e. The predicted octanol–water partition coefficient (Wildman–Crippen LogP) is 4.28. The molecule has 1 unspecified atom stereocenters. The zero-order chi connectivity index (χ0) is 18.8. The Morgan fingerprint density at radius 2 is 1.19 bits per heavy atom. The van der Waals surface area contributed by atoms with Crippen LogP contribution >= 0.6 is 0 Å². The number of carbonyl (C=O) groups excluding carboxylic acids is 3. The molecular formula is C23H16O4. The zero-order valence-electron chi connectivity index (χ0n) is 14.4. The number of carbonyl (C=O) groups is 3. The lowest BCUT2D eigenvalue weighted by Gasteiger charge is -2.21. The Labute approximate surface area is 156 Å². The van der Waals surface area contributed by atoms with Crippen LogP contribution in [-0.2, 0) is 4.74 Å². The summed E-state index contributed by atoms with van der Waals surface area (Å²) in [6, 6.07) is 24.1. The van der Waals surface area contributed by atoms with Crippen molar-refractivity contribution in [2.75, 3.05) is 0 Å². The highest BCUT2D eigenvalue weighted by Gasteiger charge is 2.44. The van der Waals surface area contributed by atoms with Crippen molar-refractivity contribution >= 4 is 17.5 Å². The van der Waals surface area contributed by atoms with Gasteiger partial charge in [0.2, 0.25) is 0 Å². The van der Waals surface area contributed by atoms with Crippen LogP contribution in [0.2, 0.25) is 0 Å². The Kier molecular flexibility index (Phi) is 4.38. The number of rotatable bonds is 5. The van der Waals surface area contributed by atoms with Gasteiger partial charge in [0.25, 0.3) is 0 Å². The second-order valence-electron chi connectivity index (χ2n) is 6.35. The van der Waals surface area contributed by atoms with Crippen LogP contribution in [0.1, 0.15) is 42.7 Å². The second kappa shape index (κ2) is 7.00. The largest absolute Gasteiger partial charge is 0.453 e. The highest BCUT2D eigenvalue weighted by molar-refractivity contribution is 6.17. The summed E-state index contributed by atoms with van der Waals surface area (Å²) < 4.78 is 5.50. The van der Waals surface area contributed by atoms with Gasteiger partial charge in [-0.05, 0) is 6.07 Å². The number of fused-ring (bicyclic) bond motifs is 1. The van der Waals surface area contributed by atoms with Crippen LogP contribution in [0.25, 0.3) is 0 Å². The predicted molar refractivity (Wildman–Crippen MR) is 99.6 cm³/mol. The van der Waals surface area contributed by atoms with E-state index < -0.39 is 18.0 Å². The van der Waals surface area contributed by atoms with Crippen molar-refractivity contribution in [3.8, 4) is 0 Å². The van der Waals surface area contributed by atoms with Gasteiger partial charge in [0.1, 0.15) is 12.0 Å². The first-order chi connectivity index (χ1) is 13.2. The third kappa shape index (κ3) is 3.06. The fourth-order valence-corrected chi connectivity index (χ4v) is 3.38. The number of ketones is 2. The lowest BCUT2D eigenvalue weighted by atomic mass is 9.83. The molecule has 0 N–H and O–H groups in total. The third-order valence-corrected chi connectivity index (χ3v) is 4.71. The fraction of sp³-hybridized carbons (Fsp3) is 0.0870. The summed E-state index contributed by atoms with van der Waals surface area (Å²) in [5, 5.41) is 0. The van der Waals surface area contributed by atoms with Gasteiger partial charge >= 0.3 is 5.97 Å². The molecule has 0 saturated heterocycles. The lowest BCUT2D eigenvalue weighted by molar-refractivity contribution is 0.0246. The molecule has 0 bridgehead atoms. The number of hydrogen-bond donors (Lipinski definition) is 0. The van der Waals surface area contributed by atoms with E-state index in [0.717, 1.165) is 0 Å². The quantitative estimate of drug-likeness (QED) is 0.389. The SMILES string of the molecule is O=C1OC(C(C(=O)c2ccccc2)C(=O)c2ccccc2)c2ccccc21. The molecule has 0 aliphatic carbocycles. The number of esters is 1. The zero-order valence-corrected chi connectivity index (χ0v) is 14.4. The van der Waals surface area contributed by atoms with Crippen LogP contribution in [0.3, 0.4) is 0 Å². The van der Waals surface area contributed by atoms with Gasteiger partial charge in [-0.15, -0.1) is 0 Å². The van der Waals surface area contributed by atoms with Gasteiger partial charge in [-0.1, -0.05) is 78.9 Å². The van der Waals surface area contributed by atoms with E-state index in [4.69, 9.17) is 4.74 Å². The van der Waals surface area contributed by atoms with Crippen LogP contribution in [0.4, 0.5) is 0 Å². The lowest BCUT2D eigenvalue weighted by Crippen LogP contribution is -2.31. The maximum absolute atomic E-state index is 13.3. The molecule has 3 aromatic carbocycles. The Balaban J connectivity index is 1.81. The number of Topliss-reactive ketones (excluding diaryl/α,β-unsaturated/α-hetero) is 2. The monoisotopic (exact) mass is 356 g/mol. The van der Waals surface area contributed by atoms with E-state index >= 15 is 0 Å². The summed E-state index contributed by atoms with van der Waals surface area (Å²) >= 11 is 0. The molecule has 1 aliphatic rings. The topological polar surface area (TPSA) is 60.4 Å². The van der Waals surface area contributed by atoms with Gasteiger partial charge in [0.15, 0.2) is 11.6 Å². The van der Waals surface area contributed by atoms with Crippen molar-refractivity contribution in [1.29, 1.82) is 0 Å². The van der Waals surface area contributed by atoms with Crippen molar-refractivity contribution in [2.45, 2.75) is 6.10 Å². The molecule has 3 aromatic rings. The van der Waals surface area contributed by atoms with E-state index in [1.807, 2.05) is 0 Å². The van der Waals surface area contributed by atoms with E-state index in [1.165, 1.54) is 0 Å². The molecule has 0 spiro atoms. The maximum Gasteiger partial charge on any atom is 0.339 e. The molecule has 0 radical (unpaired) electrons. The van der Waals surface area contributed by atoms with Crippen LogP contribution < -0.4 is 0 Å². The summed E-state index contributed by atoms with van der Waals surface area (Å²) in [5.74, 6) is -2.37. The Hall–Kier alpha value is -3.53.